The second kappa shape index (κ2) is 4.43. The molecule has 0 aliphatic heterocycles. The molecule has 0 aliphatic rings. The second-order valence-corrected chi connectivity index (χ2v) is 9.71. The summed E-state index contributed by atoms with van der Waals surface area (Å²) in [6, 6.07) is 0. The normalized spacial score (nSPS) is 16.3. The molecule has 5 heteroatoms. The SMILES string of the molecule is CC(Br)C(Br)(Br)C(Br)Br. The first-order valence-electron chi connectivity index (χ1n) is 2.19. The van der Waals surface area contributed by atoms with E-state index in [1.54, 1.807) is 0 Å². The molecule has 0 bridgehead atoms. The van der Waals surface area contributed by atoms with Gasteiger partial charge in [-0.2, -0.15) is 0 Å². The maximum Gasteiger partial charge on any atom is 0.115 e. The number of hydrogen-bond acceptors (Lipinski definition) is 0. The average molecular weight is 453 g/mol. The van der Waals surface area contributed by atoms with E-state index in [1.165, 1.54) is 0 Å². The fourth-order valence-electron chi connectivity index (χ4n) is 0.174. The Morgan fingerprint density at radius 2 is 1.44 bits per heavy atom. The largest absolute Gasteiger partial charge is 0.115 e. The molecule has 0 rings (SSSR count). The summed E-state index contributed by atoms with van der Waals surface area (Å²) in [7, 11) is 0. The smallest absolute Gasteiger partial charge is 0.0868 e. The lowest BCUT2D eigenvalue weighted by molar-refractivity contribution is 0.911. The molecule has 0 N–H and O–H groups in total. The van der Waals surface area contributed by atoms with Crippen LogP contribution in [0.4, 0.5) is 0 Å². The van der Waals surface area contributed by atoms with Crippen molar-refractivity contribution >= 4 is 79.6 Å². The summed E-state index contributed by atoms with van der Waals surface area (Å²) in [5.41, 5.74) is 0. The third-order valence-corrected chi connectivity index (χ3v) is 8.96. The Balaban J connectivity index is 4.01. The van der Waals surface area contributed by atoms with E-state index in [4.69, 9.17) is 0 Å². The Hall–Kier alpha value is 2.40. The van der Waals surface area contributed by atoms with Gasteiger partial charge in [0.05, 0.1) is 3.74 Å². The molecule has 0 saturated carbocycles. The number of alkyl halides is 5. The summed E-state index contributed by atoms with van der Waals surface area (Å²) in [5, 5.41) is 0. The predicted molar refractivity (Wildman–Crippen MR) is 60.6 cm³/mol. The fourth-order valence-corrected chi connectivity index (χ4v) is 1.94. The van der Waals surface area contributed by atoms with E-state index in [9.17, 15) is 0 Å². The van der Waals surface area contributed by atoms with Crippen LogP contribution in [0.2, 0.25) is 0 Å². The van der Waals surface area contributed by atoms with E-state index in [0.29, 0.717) is 4.83 Å². The maximum absolute atomic E-state index is 3.49. The van der Waals surface area contributed by atoms with Gasteiger partial charge in [0.1, 0.15) is 3.23 Å². The van der Waals surface area contributed by atoms with Gasteiger partial charge in [-0.1, -0.05) is 86.6 Å². The summed E-state index contributed by atoms with van der Waals surface area (Å²) in [6.45, 7) is 2.05. The highest BCUT2D eigenvalue weighted by Gasteiger charge is 2.34. The van der Waals surface area contributed by atoms with Crippen LogP contribution in [-0.2, 0) is 0 Å². The summed E-state index contributed by atoms with van der Waals surface area (Å²) >= 11 is 17.2. The van der Waals surface area contributed by atoms with Crippen LogP contribution >= 0.6 is 79.6 Å². The van der Waals surface area contributed by atoms with Gasteiger partial charge in [0.15, 0.2) is 0 Å². The maximum atomic E-state index is 3.49. The summed E-state index contributed by atoms with van der Waals surface area (Å²) in [6.07, 6.45) is 0. The molecule has 0 fully saturated rings. The first-order chi connectivity index (χ1) is 3.89. The fraction of sp³-hybridized carbons (Fsp3) is 1.00. The molecule has 0 aromatic carbocycles. The van der Waals surface area contributed by atoms with Crippen LogP contribution < -0.4 is 0 Å². The van der Waals surface area contributed by atoms with Crippen molar-refractivity contribution in [2.24, 2.45) is 0 Å². The van der Waals surface area contributed by atoms with Crippen LogP contribution in [0.15, 0.2) is 0 Å². The zero-order valence-electron chi connectivity index (χ0n) is 4.54. The minimum absolute atomic E-state index is 0.125. The van der Waals surface area contributed by atoms with Crippen LogP contribution in [0.1, 0.15) is 6.92 Å². The molecule has 0 aromatic rings. The van der Waals surface area contributed by atoms with Gasteiger partial charge in [0, 0.05) is 4.83 Å². The Labute approximate surface area is 97.2 Å². The molecule has 0 spiro atoms. The van der Waals surface area contributed by atoms with Gasteiger partial charge in [0.25, 0.3) is 0 Å². The summed E-state index contributed by atoms with van der Waals surface area (Å²) < 4.78 is 0.0758. The number of halogens is 5. The van der Waals surface area contributed by atoms with Crippen LogP contribution in [-0.4, -0.2) is 11.8 Å². The Bertz CT molecular complexity index is 77.0. The van der Waals surface area contributed by atoms with Gasteiger partial charge in [0.2, 0.25) is 0 Å². The quantitative estimate of drug-likeness (QED) is 0.546. The predicted octanol–water partition coefficient (Wildman–Crippen LogP) is 4.37. The minimum Gasteiger partial charge on any atom is -0.0868 e. The molecule has 9 heavy (non-hydrogen) atoms. The van der Waals surface area contributed by atoms with Gasteiger partial charge in [-0.3, -0.25) is 0 Å². The van der Waals surface area contributed by atoms with E-state index in [2.05, 4.69) is 86.6 Å². The third kappa shape index (κ3) is 3.54. The van der Waals surface area contributed by atoms with Gasteiger partial charge in [-0.25, -0.2) is 0 Å². The monoisotopic (exact) mass is 448 g/mol. The third-order valence-electron chi connectivity index (χ3n) is 0.821. The van der Waals surface area contributed by atoms with Crippen molar-refractivity contribution in [1.82, 2.24) is 0 Å². The minimum atomic E-state index is -0.125. The standard InChI is InChI=1S/C4H5Br5/c1-2(5)4(8,9)3(6)7/h2-3H,1H3. The van der Waals surface area contributed by atoms with Crippen LogP contribution in [0, 0.1) is 0 Å². The lowest BCUT2D eigenvalue weighted by Gasteiger charge is -2.24. The molecule has 56 valence electrons. The van der Waals surface area contributed by atoms with E-state index in [0.717, 1.165) is 0 Å². The Morgan fingerprint density at radius 1 is 1.11 bits per heavy atom. The molecule has 0 aromatic heterocycles. The highest BCUT2D eigenvalue weighted by molar-refractivity contribution is 9.30. The topological polar surface area (TPSA) is 0 Å². The lowest BCUT2D eigenvalue weighted by atomic mass is 10.4. The van der Waals surface area contributed by atoms with E-state index in [1.807, 2.05) is 0 Å². The second-order valence-electron chi connectivity index (χ2n) is 1.59. The van der Waals surface area contributed by atoms with Crippen molar-refractivity contribution in [2.45, 2.75) is 18.7 Å². The molecule has 0 saturated heterocycles. The number of hydrogen-bond donors (Lipinski definition) is 0. The van der Waals surface area contributed by atoms with E-state index >= 15 is 0 Å². The molecule has 0 aliphatic carbocycles. The summed E-state index contributed by atoms with van der Waals surface area (Å²) in [5.74, 6) is 0. The molecule has 1 atom stereocenters. The van der Waals surface area contributed by atoms with Crippen molar-refractivity contribution < 1.29 is 0 Å². The molecule has 1 unspecified atom stereocenters. The average Bonchev–Trinajstić information content (AvgIpc) is 1.65. The Kier molecular flexibility index (Phi) is 5.61. The lowest BCUT2D eigenvalue weighted by Crippen LogP contribution is -2.28. The van der Waals surface area contributed by atoms with Crippen molar-refractivity contribution in [2.75, 3.05) is 0 Å². The first-order valence-corrected chi connectivity index (χ1v) is 6.52. The van der Waals surface area contributed by atoms with Crippen molar-refractivity contribution in [3.8, 4) is 0 Å². The molecule has 0 radical (unpaired) electrons. The number of rotatable bonds is 2. The Morgan fingerprint density at radius 3 is 1.44 bits per heavy atom. The van der Waals surface area contributed by atoms with E-state index < -0.39 is 0 Å². The molecule has 0 nitrogen and oxygen atoms in total. The van der Waals surface area contributed by atoms with Crippen LogP contribution in [0.3, 0.4) is 0 Å². The summed E-state index contributed by atoms with van der Waals surface area (Å²) in [4.78, 5) is 0.341. The van der Waals surface area contributed by atoms with Gasteiger partial charge < -0.3 is 0 Å². The van der Waals surface area contributed by atoms with E-state index in [-0.39, 0.29) is 6.97 Å². The zero-order chi connectivity index (χ0) is 7.65. The van der Waals surface area contributed by atoms with Gasteiger partial charge >= 0.3 is 0 Å². The molecular weight excluding hydrogens is 448 g/mol. The van der Waals surface area contributed by atoms with Gasteiger partial charge in [-0.15, -0.1) is 0 Å². The highest BCUT2D eigenvalue weighted by Crippen LogP contribution is 2.43. The van der Waals surface area contributed by atoms with Crippen molar-refractivity contribution in [3.63, 3.8) is 0 Å². The van der Waals surface area contributed by atoms with Crippen LogP contribution in [0.5, 0.6) is 0 Å². The first kappa shape index (κ1) is 11.4. The zero-order valence-corrected chi connectivity index (χ0v) is 12.5. The molecular formula is C4H5Br5. The molecule has 0 amide bonds. The van der Waals surface area contributed by atoms with Crippen LogP contribution in [0.25, 0.3) is 0 Å². The highest BCUT2D eigenvalue weighted by atomic mass is 79.9. The van der Waals surface area contributed by atoms with Crippen molar-refractivity contribution in [3.05, 3.63) is 0 Å². The van der Waals surface area contributed by atoms with Crippen molar-refractivity contribution in [1.29, 1.82) is 0 Å². The van der Waals surface area contributed by atoms with Gasteiger partial charge in [-0.05, 0) is 0 Å². The molecule has 0 heterocycles.